The first-order chi connectivity index (χ1) is 15.9. The maximum atomic E-state index is 12.9. The van der Waals surface area contributed by atoms with Crippen LogP contribution < -0.4 is 0 Å². The van der Waals surface area contributed by atoms with Gasteiger partial charge in [-0.1, -0.05) is 48.0 Å². The molecule has 1 saturated heterocycles. The maximum absolute atomic E-state index is 12.9. The topological polar surface area (TPSA) is 87.0 Å². The number of fused-ring (bicyclic) bond motifs is 5. The average molecular weight is 479 g/mol. The van der Waals surface area contributed by atoms with E-state index in [-0.39, 0.29) is 40.8 Å². The van der Waals surface area contributed by atoms with Crippen LogP contribution in [0.5, 0.6) is 0 Å². The van der Waals surface area contributed by atoms with Gasteiger partial charge < -0.3 is 20.1 Å². The SMILES string of the molecule is CC[C@@H](C(C)C)[C@@H](O)[C@H](O)[C@@H](C)[C@H]1CC[C@H]2[C@@H]3CC(=O)O[C@H]4C[C@@H](O)CC[C@]4(C)[C@H]3CC[C@]12C. The van der Waals surface area contributed by atoms with Gasteiger partial charge in [0.25, 0.3) is 0 Å². The fourth-order valence-corrected chi connectivity index (χ4v) is 9.48. The lowest BCUT2D eigenvalue weighted by atomic mass is 9.49. The van der Waals surface area contributed by atoms with Gasteiger partial charge in [0.05, 0.1) is 18.3 Å². The zero-order valence-corrected chi connectivity index (χ0v) is 22.4. The summed E-state index contributed by atoms with van der Waals surface area (Å²) < 4.78 is 6.00. The van der Waals surface area contributed by atoms with Crippen molar-refractivity contribution >= 4 is 5.97 Å². The molecule has 1 heterocycles. The van der Waals surface area contributed by atoms with E-state index in [0.717, 1.165) is 44.9 Å². The Balaban J connectivity index is 1.56. The molecule has 0 bridgehead atoms. The van der Waals surface area contributed by atoms with Crippen LogP contribution in [0.25, 0.3) is 0 Å². The Morgan fingerprint density at radius 1 is 0.971 bits per heavy atom. The van der Waals surface area contributed by atoms with Crippen LogP contribution >= 0.6 is 0 Å². The van der Waals surface area contributed by atoms with E-state index in [9.17, 15) is 20.1 Å². The standard InChI is InChI=1S/C29H50O5/c1-7-19(16(2)3)27(33)26(32)17(4)21-8-9-22-20-15-25(31)34-24-14-18(30)10-12-29(24,6)23(20)11-13-28(21,22)5/h16-24,26-27,30,32-33H,7-15H2,1-6H3/t17-,18-,19-,20-,21+,22-,23-,24-,26+,27+,28+,29+/m0/s1. The molecule has 0 radical (unpaired) electrons. The Labute approximate surface area is 207 Å². The van der Waals surface area contributed by atoms with Gasteiger partial charge in [-0.15, -0.1) is 0 Å². The smallest absolute Gasteiger partial charge is 0.306 e. The molecule has 4 fully saturated rings. The molecule has 5 heteroatoms. The van der Waals surface area contributed by atoms with Gasteiger partial charge in [0.1, 0.15) is 6.10 Å². The predicted octanol–water partition coefficient (Wildman–Crippen LogP) is 4.95. The summed E-state index contributed by atoms with van der Waals surface area (Å²) in [6.07, 6.45) is 6.06. The van der Waals surface area contributed by atoms with Crippen LogP contribution in [-0.4, -0.2) is 45.7 Å². The normalized spacial score (nSPS) is 45.9. The number of aliphatic hydroxyl groups is 3. The maximum Gasteiger partial charge on any atom is 0.306 e. The zero-order valence-electron chi connectivity index (χ0n) is 22.4. The molecule has 0 amide bonds. The van der Waals surface area contributed by atoms with E-state index in [0.29, 0.717) is 42.4 Å². The third kappa shape index (κ3) is 4.26. The molecule has 0 spiro atoms. The average Bonchev–Trinajstić information content (AvgIpc) is 3.07. The molecule has 0 unspecified atom stereocenters. The second kappa shape index (κ2) is 9.67. The largest absolute Gasteiger partial charge is 0.462 e. The van der Waals surface area contributed by atoms with Gasteiger partial charge >= 0.3 is 5.97 Å². The summed E-state index contributed by atoms with van der Waals surface area (Å²) in [6.45, 7) is 13.2. The highest BCUT2D eigenvalue weighted by Gasteiger charge is 2.62. The molecule has 1 aliphatic heterocycles. The third-order valence-corrected chi connectivity index (χ3v) is 11.6. The molecule has 34 heavy (non-hydrogen) atoms. The van der Waals surface area contributed by atoms with Crippen LogP contribution in [0, 0.1) is 52.3 Å². The second-order valence-electron chi connectivity index (χ2n) is 13.4. The summed E-state index contributed by atoms with van der Waals surface area (Å²) in [4.78, 5) is 12.9. The highest BCUT2D eigenvalue weighted by atomic mass is 16.5. The Morgan fingerprint density at radius 3 is 2.26 bits per heavy atom. The molecule has 3 aliphatic carbocycles. The molecule has 3 N–H and O–H groups in total. The summed E-state index contributed by atoms with van der Waals surface area (Å²) in [5.74, 6) is 1.95. The van der Waals surface area contributed by atoms with Crippen molar-refractivity contribution in [3.8, 4) is 0 Å². The van der Waals surface area contributed by atoms with E-state index in [1.165, 1.54) is 0 Å². The van der Waals surface area contributed by atoms with E-state index in [1.54, 1.807) is 0 Å². The number of esters is 1. The molecule has 0 aromatic heterocycles. The number of hydrogen-bond acceptors (Lipinski definition) is 5. The Kier molecular flexibility index (Phi) is 7.51. The van der Waals surface area contributed by atoms with Crippen molar-refractivity contribution < 1.29 is 24.9 Å². The summed E-state index contributed by atoms with van der Waals surface area (Å²) in [7, 11) is 0. The van der Waals surface area contributed by atoms with E-state index >= 15 is 0 Å². The van der Waals surface area contributed by atoms with Gasteiger partial charge in [0.2, 0.25) is 0 Å². The molecule has 12 atom stereocenters. The van der Waals surface area contributed by atoms with Crippen LogP contribution in [0.4, 0.5) is 0 Å². The zero-order chi connectivity index (χ0) is 25.0. The van der Waals surface area contributed by atoms with Gasteiger partial charge in [0.15, 0.2) is 0 Å². The van der Waals surface area contributed by atoms with Crippen LogP contribution in [0.15, 0.2) is 0 Å². The molecule has 5 nitrogen and oxygen atoms in total. The van der Waals surface area contributed by atoms with Gasteiger partial charge in [-0.25, -0.2) is 0 Å². The minimum absolute atomic E-state index is 0.0280. The van der Waals surface area contributed by atoms with E-state index in [1.807, 2.05) is 0 Å². The van der Waals surface area contributed by atoms with Crippen molar-refractivity contribution in [1.29, 1.82) is 0 Å². The first kappa shape index (κ1) is 26.4. The lowest BCUT2D eigenvalue weighted by Crippen LogP contribution is -2.53. The molecule has 0 aromatic rings. The Bertz CT molecular complexity index is 738. The van der Waals surface area contributed by atoms with Crippen LogP contribution in [-0.2, 0) is 9.53 Å². The van der Waals surface area contributed by atoms with Crippen molar-refractivity contribution in [1.82, 2.24) is 0 Å². The van der Waals surface area contributed by atoms with Crippen molar-refractivity contribution in [2.45, 2.75) is 124 Å². The van der Waals surface area contributed by atoms with Gasteiger partial charge in [-0.3, -0.25) is 4.79 Å². The number of hydrogen-bond donors (Lipinski definition) is 3. The number of rotatable bonds is 6. The van der Waals surface area contributed by atoms with Gasteiger partial charge in [-0.05, 0) is 85.4 Å². The summed E-state index contributed by atoms with van der Waals surface area (Å²) in [5, 5.41) is 32.6. The first-order valence-electron chi connectivity index (χ1n) is 14.2. The number of carbonyl (C=O) groups excluding carboxylic acids is 1. The third-order valence-electron chi connectivity index (χ3n) is 11.6. The van der Waals surface area contributed by atoms with Crippen LogP contribution in [0.2, 0.25) is 0 Å². The predicted molar refractivity (Wildman–Crippen MR) is 133 cm³/mol. The summed E-state index contributed by atoms with van der Waals surface area (Å²) in [5.41, 5.74) is 0.0217. The lowest BCUT2D eigenvalue weighted by molar-refractivity contribution is -0.162. The lowest BCUT2D eigenvalue weighted by Gasteiger charge is -2.55. The quantitative estimate of drug-likeness (QED) is 0.470. The number of aliphatic hydroxyl groups excluding tert-OH is 3. The second-order valence-corrected chi connectivity index (χ2v) is 13.4. The van der Waals surface area contributed by atoms with Crippen molar-refractivity contribution in [3.63, 3.8) is 0 Å². The van der Waals surface area contributed by atoms with Crippen molar-refractivity contribution in [3.05, 3.63) is 0 Å². The minimum atomic E-state index is -0.716. The molecule has 4 aliphatic rings. The monoisotopic (exact) mass is 478 g/mol. The van der Waals surface area contributed by atoms with Gasteiger partial charge in [-0.2, -0.15) is 0 Å². The molecule has 4 rings (SSSR count). The van der Waals surface area contributed by atoms with E-state index in [2.05, 4.69) is 41.5 Å². The molecule has 196 valence electrons. The molecular weight excluding hydrogens is 428 g/mol. The fraction of sp³-hybridized carbons (Fsp3) is 0.966. The number of carbonyl (C=O) groups is 1. The summed E-state index contributed by atoms with van der Waals surface area (Å²) >= 11 is 0. The van der Waals surface area contributed by atoms with Crippen molar-refractivity contribution in [2.24, 2.45) is 52.3 Å². The Morgan fingerprint density at radius 2 is 1.62 bits per heavy atom. The van der Waals surface area contributed by atoms with Crippen LogP contribution in [0.1, 0.15) is 99.3 Å². The number of ether oxygens (including phenoxy) is 1. The van der Waals surface area contributed by atoms with E-state index < -0.39 is 12.2 Å². The van der Waals surface area contributed by atoms with Crippen molar-refractivity contribution in [2.75, 3.05) is 0 Å². The summed E-state index contributed by atoms with van der Waals surface area (Å²) in [6, 6.07) is 0. The molecular formula is C29H50O5. The molecule has 0 aromatic carbocycles. The van der Waals surface area contributed by atoms with E-state index in [4.69, 9.17) is 4.74 Å². The van der Waals surface area contributed by atoms with Crippen LogP contribution in [0.3, 0.4) is 0 Å². The first-order valence-corrected chi connectivity index (χ1v) is 14.2. The minimum Gasteiger partial charge on any atom is -0.462 e. The highest BCUT2D eigenvalue weighted by molar-refractivity contribution is 5.70. The molecule has 3 saturated carbocycles. The van der Waals surface area contributed by atoms with Gasteiger partial charge in [0, 0.05) is 18.3 Å². The highest BCUT2D eigenvalue weighted by Crippen LogP contribution is 2.66. The fourth-order valence-electron chi connectivity index (χ4n) is 9.48. The Hall–Kier alpha value is -0.650.